The average Bonchev–Trinajstić information content (AvgIpc) is 2.69. The van der Waals surface area contributed by atoms with Crippen molar-refractivity contribution in [2.45, 2.75) is 44.7 Å². The molecule has 0 heterocycles. The van der Waals surface area contributed by atoms with Crippen LogP contribution in [-0.2, 0) is 14.3 Å². The Morgan fingerprint density at radius 2 is 1.41 bits per heavy atom. The van der Waals surface area contributed by atoms with Crippen LogP contribution in [0.5, 0.6) is 0 Å². The number of unbranched alkanes of at least 4 members (excludes halogenated alkanes) is 1. The lowest BCUT2D eigenvalue weighted by molar-refractivity contribution is -0.138. The topological polar surface area (TPSA) is 63.6 Å². The molecule has 0 aliphatic rings. The van der Waals surface area contributed by atoms with Crippen LogP contribution < -0.4 is 10.4 Å². The van der Waals surface area contributed by atoms with E-state index in [2.05, 4.69) is 81.4 Å². The van der Waals surface area contributed by atoms with Gasteiger partial charge in [0.05, 0.1) is 6.61 Å². The third kappa shape index (κ3) is 5.91. The molecule has 2 aromatic carbocycles. The maximum atomic E-state index is 11.5. The van der Waals surface area contributed by atoms with E-state index in [1.165, 1.54) is 10.4 Å². The fourth-order valence-corrected chi connectivity index (χ4v) is 9.69. The van der Waals surface area contributed by atoms with Gasteiger partial charge in [0.25, 0.3) is 0 Å². The van der Waals surface area contributed by atoms with Crippen molar-refractivity contribution in [2.75, 3.05) is 6.61 Å². The van der Waals surface area contributed by atoms with Crippen molar-refractivity contribution < 1.29 is 19.4 Å². The largest absolute Gasteiger partial charge is 0.478 e. The van der Waals surface area contributed by atoms with Gasteiger partial charge in [0.1, 0.15) is 8.07 Å². The average molecular weight is 411 g/mol. The van der Waals surface area contributed by atoms with Crippen LogP contribution in [0.25, 0.3) is 0 Å². The van der Waals surface area contributed by atoms with Gasteiger partial charge >= 0.3 is 11.9 Å². The molecule has 0 atom stereocenters. The number of rotatable bonds is 9. The third-order valence-corrected chi connectivity index (χ3v) is 11.7. The molecule has 5 heteroatoms. The zero-order valence-corrected chi connectivity index (χ0v) is 18.4. The molecule has 0 bridgehead atoms. The minimum atomic E-state index is -2.09. The fraction of sp³-hybridized carbons (Fsp3) is 0.333. The number of aliphatic carboxylic acids is 1. The van der Waals surface area contributed by atoms with Gasteiger partial charge in [-0.3, -0.25) is 0 Å². The first kappa shape index (κ1) is 22.6. The molecule has 154 valence electrons. The Hall–Kier alpha value is -2.66. The molecule has 0 aliphatic carbocycles. The maximum Gasteiger partial charge on any atom is 0.331 e. The van der Waals surface area contributed by atoms with Crippen LogP contribution in [0.2, 0.25) is 11.1 Å². The summed E-state index contributed by atoms with van der Waals surface area (Å²) in [7, 11) is -2.09. The van der Waals surface area contributed by atoms with E-state index >= 15 is 0 Å². The molecule has 1 N–H and O–H groups in total. The van der Waals surface area contributed by atoms with Crippen molar-refractivity contribution in [3.05, 3.63) is 72.8 Å². The molecule has 4 nitrogen and oxygen atoms in total. The Kier molecular flexibility index (Phi) is 7.97. The van der Waals surface area contributed by atoms with E-state index in [-0.39, 0.29) is 5.04 Å². The molecule has 0 aliphatic heterocycles. The summed E-state index contributed by atoms with van der Waals surface area (Å²) in [5, 5.41) is 11.5. The molecule has 0 aromatic heterocycles. The van der Waals surface area contributed by atoms with Gasteiger partial charge in [-0.15, -0.1) is 0 Å². The van der Waals surface area contributed by atoms with Crippen LogP contribution in [0.4, 0.5) is 0 Å². The van der Waals surface area contributed by atoms with Crippen LogP contribution in [0.1, 0.15) is 33.6 Å². The number of benzene rings is 2. The van der Waals surface area contributed by atoms with Gasteiger partial charge < -0.3 is 9.84 Å². The van der Waals surface area contributed by atoms with Crippen LogP contribution >= 0.6 is 0 Å². The fourth-order valence-electron chi connectivity index (χ4n) is 3.99. The smallest absolute Gasteiger partial charge is 0.331 e. The molecular formula is C24H30O4Si. The summed E-state index contributed by atoms with van der Waals surface area (Å²) in [6.45, 7) is 7.28. The summed E-state index contributed by atoms with van der Waals surface area (Å²) in [5.41, 5.74) is 0. The molecule has 0 unspecified atom stereocenters. The Labute approximate surface area is 174 Å². The predicted octanol–water partition coefficient (Wildman–Crippen LogP) is 4.01. The first-order chi connectivity index (χ1) is 13.8. The normalized spacial score (nSPS) is 12.1. The van der Waals surface area contributed by atoms with Gasteiger partial charge in [-0.1, -0.05) is 98.2 Å². The quantitative estimate of drug-likeness (QED) is 0.294. The van der Waals surface area contributed by atoms with Gasteiger partial charge in [0, 0.05) is 12.2 Å². The minimum absolute atomic E-state index is 0.108. The SMILES string of the molecule is CC(C)(C)[Si](CCCCOC(=O)/C=C\C(=O)O)(c1ccccc1)c1ccccc1. The number of esters is 1. The summed E-state index contributed by atoms with van der Waals surface area (Å²) in [4.78, 5) is 22.0. The van der Waals surface area contributed by atoms with E-state index in [4.69, 9.17) is 9.84 Å². The van der Waals surface area contributed by atoms with E-state index in [1.54, 1.807) is 0 Å². The second-order valence-corrected chi connectivity index (χ2v) is 13.1. The lowest BCUT2D eigenvalue weighted by atomic mass is 10.2. The number of hydrogen-bond acceptors (Lipinski definition) is 3. The molecule has 0 fully saturated rings. The molecule has 0 saturated carbocycles. The third-order valence-electron chi connectivity index (χ3n) is 5.37. The summed E-state index contributed by atoms with van der Waals surface area (Å²) in [6, 6.07) is 22.6. The number of carbonyl (C=O) groups excluding carboxylic acids is 1. The molecule has 0 spiro atoms. The van der Waals surface area contributed by atoms with Crippen LogP contribution in [0.3, 0.4) is 0 Å². The second kappa shape index (κ2) is 10.2. The predicted molar refractivity (Wildman–Crippen MR) is 119 cm³/mol. The Morgan fingerprint density at radius 3 is 1.86 bits per heavy atom. The Morgan fingerprint density at radius 1 is 0.897 bits per heavy atom. The van der Waals surface area contributed by atoms with E-state index in [0.29, 0.717) is 6.61 Å². The molecule has 29 heavy (non-hydrogen) atoms. The first-order valence-corrected chi connectivity index (χ1v) is 12.2. The second-order valence-electron chi connectivity index (χ2n) is 8.18. The number of carboxylic acids is 1. The van der Waals surface area contributed by atoms with Crippen LogP contribution in [0, 0.1) is 0 Å². The van der Waals surface area contributed by atoms with Crippen molar-refractivity contribution in [3.63, 3.8) is 0 Å². The summed E-state index contributed by atoms with van der Waals surface area (Å²) in [5.74, 6) is -1.77. The van der Waals surface area contributed by atoms with Crippen LogP contribution in [-0.4, -0.2) is 31.7 Å². The number of carboxylic acid groups (broad SMARTS) is 1. The lowest BCUT2D eigenvalue weighted by Gasteiger charge is -2.44. The highest BCUT2D eigenvalue weighted by Crippen LogP contribution is 2.39. The van der Waals surface area contributed by atoms with E-state index in [1.807, 2.05) is 0 Å². The lowest BCUT2D eigenvalue weighted by Crippen LogP contribution is -2.64. The van der Waals surface area contributed by atoms with Crippen molar-refractivity contribution >= 4 is 30.4 Å². The molecular weight excluding hydrogens is 380 g/mol. The van der Waals surface area contributed by atoms with Gasteiger partial charge in [-0.25, -0.2) is 9.59 Å². The molecule has 0 saturated heterocycles. The summed E-state index contributed by atoms with van der Waals surface area (Å²) in [6.07, 6.45) is 3.43. The Balaban J connectivity index is 2.17. The van der Waals surface area contributed by atoms with Crippen molar-refractivity contribution in [1.29, 1.82) is 0 Å². The van der Waals surface area contributed by atoms with Gasteiger partial charge in [0.15, 0.2) is 0 Å². The maximum absolute atomic E-state index is 11.5. The standard InChI is InChI=1S/C24H30O4Si/c1-24(2,3)29(20-12-6-4-7-13-20,21-14-8-5-9-15-21)19-11-10-18-28-23(27)17-16-22(25)26/h4-9,12-17H,10-11,18-19H2,1-3H3,(H,25,26)/b17-16-. The van der Waals surface area contributed by atoms with Crippen molar-refractivity contribution in [3.8, 4) is 0 Å². The van der Waals surface area contributed by atoms with Crippen LogP contribution in [0.15, 0.2) is 72.8 Å². The molecule has 2 aromatic rings. The number of ether oxygens (including phenoxy) is 1. The highest BCUT2D eigenvalue weighted by molar-refractivity contribution is 7.04. The molecule has 0 amide bonds. The van der Waals surface area contributed by atoms with Gasteiger partial charge in [-0.2, -0.15) is 0 Å². The summed E-state index contributed by atoms with van der Waals surface area (Å²) < 4.78 is 5.13. The summed E-state index contributed by atoms with van der Waals surface area (Å²) >= 11 is 0. The van der Waals surface area contributed by atoms with E-state index in [9.17, 15) is 9.59 Å². The number of hydrogen-bond donors (Lipinski definition) is 1. The first-order valence-electron chi connectivity index (χ1n) is 9.96. The highest BCUT2D eigenvalue weighted by Gasteiger charge is 2.46. The molecule has 2 rings (SSSR count). The highest BCUT2D eigenvalue weighted by atomic mass is 28.3. The zero-order valence-electron chi connectivity index (χ0n) is 17.4. The van der Waals surface area contributed by atoms with E-state index in [0.717, 1.165) is 31.0 Å². The number of carbonyl (C=O) groups is 2. The zero-order chi connectivity index (χ0) is 21.3. The van der Waals surface area contributed by atoms with Crippen molar-refractivity contribution in [2.24, 2.45) is 0 Å². The monoisotopic (exact) mass is 410 g/mol. The van der Waals surface area contributed by atoms with Gasteiger partial charge in [-0.05, 0) is 17.5 Å². The molecule has 0 radical (unpaired) electrons. The minimum Gasteiger partial charge on any atom is -0.478 e. The Bertz CT molecular complexity index is 783. The van der Waals surface area contributed by atoms with Gasteiger partial charge in [0.2, 0.25) is 0 Å². The van der Waals surface area contributed by atoms with E-state index < -0.39 is 20.0 Å². The van der Waals surface area contributed by atoms with Crippen molar-refractivity contribution in [1.82, 2.24) is 0 Å².